The Kier molecular flexibility index (Phi) is 4.35. The number of aryl methyl sites for hydroxylation is 2. The van der Waals surface area contributed by atoms with Crippen molar-refractivity contribution in [2.75, 3.05) is 0 Å². The van der Waals surface area contributed by atoms with Gasteiger partial charge in [0.05, 0.1) is 9.82 Å². The average Bonchev–Trinajstić information content (AvgIpc) is 2.90. The normalized spacial score (nSPS) is 10.8. The van der Waals surface area contributed by atoms with E-state index in [1.165, 1.54) is 11.8 Å². The van der Waals surface area contributed by atoms with Crippen molar-refractivity contribution in [2.24, 2.45) is 7.05 Å². The van der Waals surface area contributed by atoms with E-state index in [1.807, 2.05) is 55.8 Å². The van der Waals surface area contributed by atoms with Crippen LogP contribution in [0.15, 0.2) is 52.5 Å². The van der Waals surface area contributed by atoms with Gasteiger partial charge in [0.1, 0.15) is 0 Å². The number of nitro benzene ring substituents is 1. The molecule has 0 fully saturated rings. The molecule has 0 saturated heterocycles. The minimum Gasteiger partial charge on any atom is -0.305 e. The van der Waals surface area contributed by atoms with E-state index in [4.69, 9.17) is 0 Å². The number of rotatable bonds is 4. The monoisotopic (exact) mass is 340 g/mol. The fourth-order valence-corrected chi connectivity index (χ4v) is 3.27. The number of hydrogen-bond donors (Lipinski definition) is 0. The van der Waals surface area contributed by atoms with Crippen LogP contribution in [-0.2, 0) is 7.05 Å². The molecule has 3 rings (SSSR count). The third kappa shape index (κ3) is 3.16. The summed E-state index contributed by atoms with van der Waals surface area (Å²) in [5, 5.41) is 20.3. The molecule has 1 aromatic heterocycles. The SMILES string of the molecule is Cc1cccc(-c2nnc(Sc3ccc(C)cc3[N+](=O)[O-])n2C)c1. The van der Waals surface area contributed by atoms with Crippen LogP contribution in [-0.4, -0.2) is 19.7 Å². The Hall–Kier alpha value is -2.67. The first-order valence-electron chi connectivity index (χ1n) is 7.35. The van der Waals surface area contributed by atoms with Gasteiger partial charge in [-0.2, -0.15) is 0 Å². The molecule has 0 aliphatic heterocycles. The van der Waals surface area contributed by atoms with E-state index in [0.29, 0.717) is 10.1 Å². The Labute approximate surface area is 143 Å². The highest BCUT2D eigenvalue weighted by Crippen LogP contribution is 2.35. The van der Waals surface area contributed by atoms with Crippen molar-refractivity contribution in [3.8, 4) is 11.4 Å². The lowest BCUT2D eigenvalue weighted by atomic mass is 10.1. The smallest absolute Gasteiger partial charge is 0.283 e. The second-order valence-electron chi connectivity index (χ2n) is 5.57. The van der Waals surface area contributed by atoms with Gasteiger partial charge < -0.3 is 4.57 Å². The highest BCUT2D eigenvalue weighted by molar-refractivity contribution is 7.99. The van der Waals surface area contributed by atoms with E-state index in [0.717, 1.165) is 22.5 Å². The molecular weight excluding hydrogens is 324 g/mol. The molecule has 7 heteroatoms. The van der Waals surface area contributed by atoms with Crippen molar-refractivity contribution in [3.05, 3.63) is 63.7 Å². The van der Waals surface area contributed by atoms with Crippen LogP contribution in [0.1, 0.15) is 11.1 Å². The Morgan fingerprint density at radius 2 is 1.83 bits per heavy atom. The molecule has 122 valence electrons. The molecule has 0 N–H and O–H groups in total. The molecule has 6 nitrogen and oxygen atoms in total. The Balaban J connectivity index is 1.97. The minimum absolute atomic E-state index is 0.0834. The quantitative estimate of drug-likeness (QED) is 0.527. The van der Waals surface area contributed by atoms with E-state index in [2.05, 4.69) is 10.2 Å². The van der Waals surface area contributed by atoms with Gasteiger partial charge in [-0.15, -0.1) is 10.2 Å². The van der Waals surface area contributed by atoms with Crippen LogP contribution < -0.4 is 0 Å². The van der Waals surface area contributed by atoms with Crippen molar-refractivity contribution in [2.45, 2.75) is 23.9 Å². The fraction of sp³-hybridized carbons (Fsp3) is 0.176. The molecule has 24 heavy (non-hydrogen) atoms. The van der Waals surface area contributed by atoms with Crippen LogP contribution in [0, 0.1) is 24.0 Å². The largest absolute Gasteiger partial charge is 0.305 e. The second-order valence-corrected chi connectivity index (χ2v) is 6.57. The third-order valence-corrected chi connectivity index (χ3v) is 4.73. The fourth-order valence-electron chi connectivity index (χ4n) is 2.39. The van der Waals surface area contributed by atoms with Gasteiger partial charge in [0.2, 0.25) is 0 Å². The summed E-state index contributed by atoms with van der Waals surface area (Å²) in [6.07, 6.45) is 0. The van der Waals surface area contributed by atoms with E-state index in [9.17, 15) is 10.1 Å². The Bertz CT molecular complexity index is 921. The van der Waals surface area contributed by atoms with Crippen LogP contribution >= 0.6 is 11.8 Å². The number of nitrogens with zero attached hydrogens (tertiary/aromatic N) is 4. The van der Waals surface area contributed by atoms with Crippen LogP contribution in [0.5, 0.6) is 0 Å². The molecule has 0 amide bonds. The number of nitro groups is 1. The maximum atomic E-state index is 11.3. The molecule has 1 heterocycles. The zero-order chi connectivity index (χ0) is 17.3. The van der Waals surface area contributed by atoms with Gasteiger partial charge in [0.25, 0.3) is 5.69 Å². The summed E-state index contributed by atoms with van der Waals surface area (Å²) in [6, 6.07) is 13.2. The van der Waals surface area contributed by atoms with Crippen molar-refractivity contribution in [3.63, 3.8) is 0 Å². The third-order valence-electron chi connectivity index (χ3n) is 3.62. The topological polar surface area (TPSA) is 73.8 Å². The molecule has 2 aromatic carbocycles. The number of aromatic nitrogens is 3. The highest BCUT2D eigenvalue weighted by atomic mass is 32.2. The molecular formula is C17H16N4O2S. The first kappa shape index (κ1) is 16.2. The van der Waals surface area contributed by atoms with Crippen LogP contribution in [0.4, 0.5) is 5.69 Å². The standard InChI is InChI=1S/C17H16N4O2S/c1-11-5-4-6-13(9-11)16-18-19-17(20(16)3)24-15-8-7-12(2)10-14(15)21(22)23/h4-10H,1-3H3. The minimum atomic E-state index is -0.368. The van der Waals surface area contributed by atoms with E-state index in [1.54, 1.807) is 12.1 Å². The number of hydrogen-bond acceptors (Lipinski definition) is 5. The summed E-state index contributed by atoms with van der Waals surface area (Å²) in [6.45, 7) is 3.85. The lowest BCUT2D eigenvalue weighted by molar-refractivity contribution is -0.387. The maximum Gasteiger partial charge on any atom is 0.283 e. The molecule has 0 spiro atoms. The molecule has 0 bridgehead atoms. The molecule has 0 aliphatic rings. The first-order valence-corrected chi connectivity index (χ1v) is 8.16. The summed E-state index contributed by atoms with van der Waals surface area (Å²) in [5.41, 5.74) is 3.04. The van der Waals surface area contributed by atoms with Gasteiger partial charge in [0.15, 0.2) is 11.0 Å². The van der Waals surface area contributed by atoms with Gasteiger partial charge in [-0.3, -0.25) is 10.1 Å². The number of benzene rings is 2. The Morgan fingerprint density at radius 3 is 2.54 bits per heavy atom. The predicted octanol–water partition coefficient (Wildman–Crippen LogP) is 4.16. The summed E-state index contributed by atoms with van der Waals surface area (Å²) >= 11 is 1.25. The van der Waals surface area contributed by atoms with Crippen LogP contribution in [0.25, 0.3) is 11.4 Å². The van der Waals surface area contributed by atoms with E-state index in [-0.39, 0.29) is 10.6 Å². The molecule has 0 radical (unpaired) electrons. The zero-order valence-corrected chi connectivity index (χ0v) is 14.4. The summed E-state index contributed by atoms with van der Waals surface area (Å²) < 4.78 is 1.85. The highest BCUT2D eigenvalue weighted by Gasteiger charge is 2.19. The Morgan fingerprint density at radius 1 is 1.08 bits per heavy atom. The van der Waals surface area contributed by atoms with Crippen LogP contribution in [0.2, 0.25) is 0 Å². The van der Waals surface area contributed by atoms with Crippen molar-refractivity contribution in [1.29, 1.82) is 0 Å². The van der Waals surface area contributed by atoms with E-state index >= 15 is 0 Å². The van der Waals surface area contributed by atoms with Crippen molar-refractivity contribution in [1.82, 2.24) is 14.8 Å². The lowest BCUT2D eigenvalue weighted by Gasteiger charge is -2.05. The molecule has 0 aliphatic carbocycles. The molecule has 0 unspecified atom stereocenters. The van der Waals surface area contributed by atoms with Gasteiger partial charge in [-0.1, -0.05) is 29.8 Å². The van der Waals surface area contributed by atoms with Crippen molar-refractivity contribution < 1.29 is 4.92 Å². The maximum absolute atomic E-state index is 11.3. The van der Waals surface area contributed by atoms with E-state index < -0.39 is 0 Å². The van der Waals surface area contributed by atoms with Gasteiger partial charge in [-0.25, -0.2) is 0 Å². The average molecular weight is 340 g/mol. The van der Waals surface area contributed by atoms with Crippen LogP contribution in [0.3, 0.4) is 0 Å². The van der Waals surface area contributed by atoms with Gasteiger partial charge >= 0.3 is 0 Å². The lowest BCUT2D eigenvalue weighted by Crippen LogP contribution is -1.96. The summed E-state index contributed by atoms with van der Waals surface area (Å²) in [7, 11) is 1.86. The summed E-state index contributed by atoms with van der Waals surface area (Å²) in [5.74, 6) is 0.732. The summed E-state index contributed by atoms with van der Waals surface area (Å²) in [4.78, 5) is 11.4. The molecule has 0 atom stereocenters. The van der Waals surface area contributed by atoms with Gasteiger partial charge in [0, 0.05) is 18.7 Å². The predicted molar refractivity (Wildman–Crippen MR) is 93.1 cm³/mol. The van der Waals surface area contributed by atoms with Crippen molar-refractivity contribution >= 4 is 17.4 Å². The van der Waals surface area contributed by atoms with Gasteiger partial charge in [-0.05, 0) is 43.3 Å². The second kappa shape index (κ2) is 6.45. The molecule has 0 saturated carbocycles. The first-order chi connectivity index (χ1) is 11.5. The molecule has 3 aromatic rings. The zero-order valence-electron chi connectivity index (χ0n) is 13.6.